The van der Waals surface area contributed by atoms with E-state index >= 15 is 0 Å². The van der Waals surface area contributed by atoms with E-state index in [-0.39, 0.29) is 25.2 Å². The Labute approximate surface area is 93.7 Å². The minimum Gasteiger partial charge on any atom is -0.394 e. The molecule has 0 spiro atoms. The molecule has 1 aliphatic rings. The summed E-state index contributed by atoms with van der Waals surface area (Å²) >= 11 is 0. The molecule has 2 rings (SSSR count). The van der Waals surface area contributed by atoms with Crippen molar-refractivity contribution >= 4 is 5.91 Å². The molecule has 1 aromatic heterocycles. The number of aliphatic hydroxyl groups is 1. The Morgan fingerprint density at radius 1 is 1.50 bits per heavy atom. The molecule has 0 saturated carbocycles. The predicted octanol–water partition coefficient (Wildman–Crippen LogP) is -0.199. The molecule has 0 aromatic carbocycles. The summed E-state index contributed by atoms with van der Waals surface area (Å²) in [7, 11) is 0. The number of pyridine rings is 1. The summed E-state index contributed by atoms with van der Waals surface area (Å²) in [4.78, 5) is 17.2. The second kappa shape index (κ2) is 5.05. The van der Waals surface area contributed by atoms with Crippen molar-refractivity contribution in [3.63, 3.8) is 0 Å². The third-order valence-electron chi connectivity index (χ3n) is 2.61. The van der Waals surface area contributed by atoms with Crippen molar-refractivity contribution in [2.24, 2.45) is 0 Å². The number of carbonyl (C=O) groups is 1. The van der Waals surface area contributed by atoms with Crippen LogP contribution in [0.2, 0.25) is 0 Å². The second-order valence-corrected chi connectivity index (χ2v) is 3.73. The van der Waals surface area contributed by atoms with E-state index in [1.807, 2.05) is 12.1 Å². The molecule has 5 nitrogen and oxygen atoms in total. The highest BCUT2D eigenvalue weighted by Crippen LogP contribution is 2.12. The molecule has 1 unspecified atom stereocenters. The van der Waals surface area contributed by atoms with Crippen LogP contribution in [0.15, 0.2) is 24.5 Å². The van der Waals surface area contributed by atoms with Gasteiger partial charge in [0.1, 0.15) is 6.61 Å². The van der Waals surface area contributed by atoms with Crippen molar-refractivity contribution in [2.45, 2.75) is 12.6 Å². The summed E-state index contributed by atoms with van der Waals surface area (Å²) in [5.74, 6) is -0.0814. The Balaban J connectivity index is 2.08. The van der Waals surface area contributed by atoms with Crippen LogP contribution in [0.5, 0.6) is 0 Å². The number of morpholine rings is 1. The highest BCUT2D eigenvalue weighted by molar-refractivity contribution is 5.78. The Morgan fingerprint density at radius 3 is 2.94 bits per heavy atom. The van der Waals surface area contributed by atoms with E-state index in [4.69, 9.17) is 4.74 Å². The van der Waals surface area contributed by atoms with Gasteiger partial charge in [0.2, 0.25) is 5.91 Å². The van der Waals surface area contributed by atoms with Crippen LogP contribution < -0.4 is 0 Å². The van der Waals surface area contributed by atoms with Crippen LogP contribution in [-0.4, -0.2) is 46.8 Å². The first-order valence-corrected chi connectivity index (χ1v) is 5.18. The van der Waals surface area contributed by atoms with E-state index in [1.54, 1.807) is 17.3 Å². The largest absolute Gasteiger partial charge is 0.394 e. The molecule has 0 bridgehead atoms. The highest BCUT2D eigenvalue weighted by atomic mass is 16.5. The van der Waals surface area contributed by atoms with Gasteiger partial charge in [0.15, 0.2) is 0 Å². The SMILES string of the molecule is O=C1COCC(CO)N1Cc1ccncc1. The van der Waals surface area contributed by atoms with Crippen molar-refractivity contribution in [2.75, 3.05) is 19.8 Å². The zero-order valence-electron chi connectivity index (χ0n) is 8.87. The topological polar surface area (TPSA) is 62.7 Å². The number of rotatable bonds is 3. The van der Waals surface area contributed by atoms with Crippen LogP contribution >= 0.6 is 0 Å². The summed E-state index contributed by atoms with van der Waals surface area (Å²) in [6.45, 7) is 0.918. The molecule has 1 atom stereocenters. The fourth-order valence-corrected chi connectivity index (χ4v) is 1.71. The third-order valence-corrected chi connectivity index (χ3v) is 2.61. The van der Waals surface area contributed by atoms with Crippen LogP contribution in [0.1, 0.15) is 5.56 Å². The van der Waals surface area contributed by atoms with E-state index in [1.165, 1.54) is 0 Å². The summed E-state index contributed by atoms with van der Waals surface area (Å²) in [6.07, 6.45) is 3.38. The lowest BCUT2D eigenvalue weighted by Crippen LogP contribution is -2.50. The fourth-order valence-electron chi connectivity index (χ4n) is 1.71. The number of carbonyl (C=O) groups excluding carboxylic acids is 1. The zero-order chi connectivity index (χ0) is 11.4. The molecule has 1 saturated heterocycles. The molecule has 16 heavy (non-hydrogen) atoms. The number of amides is 1. The van der Waals surface area contributed by atoms with Crippen LogP contribution in [0.4, 0.5) is 0 Å². The smallest absolute Gasteiger partial charge is 0.249 e. The van der Waals surface area contributed by atoms with E-state index in [0.29, 0.717) is 13.2 Å². The maximum absolute atomic E-state index is 11.6. The number of ether oxygens (including phenoxy) is 1. The third kappa shape index (κ3) is 2.37. The summed E-state index contributed by atoms with van der Waals surface area (Å²) in [5.41, 5.74) is 1.00. The molecule has 5 heteroatoms. The Hall–Kier alpha value is -1.46. The van der Waals surface area contributed by atoms with Crippen molar-refractivity contribution in [3.8, 4) is 0 Å². The molecule has 0 radical (unpaired) electrons. The van der Waals surface area contributed by atoms with E-state index in [2.05, 4.69) is 4.98 Å². The molecular formula is C11H14N2O3. The van der Waals surface area contributed by atoms with E-state index < -0.39 is 0 Å². The average molecular weight is 222 g/mol. The molecule has 1 N–H and O–H groups in total. The normalized spacial score (nSPS) is 21.2. The number of aliphatic hydroxyl groups excluding tert-OH is 1. The van der Waals surface area contributed by atoms with Gasteiger partial charge in [-0.1, -0.05) is 0 Å². The number of hydrogen-bond donors (Lipinski definition) is 1. The minimum absolute atomic E-state index is 0.0726. The number of aromatic nitrogens is 1. The van der Waals surface area contributed by atoms with Gasteiger partial charge >= 0.3 is 0 Å². The van der Waals surface area contributed by atoms with Crippen molar-refractivity contribution in [3.05, 3.63) is 30.1 Å². The molecule has 2 heterocycles. The van der Waals surface area contributed by atoms with Crippen LogP contribution in [0.3, 0.4) is 0 Å². The van der Waals surface area contributed by atoms with Gasteiger partial charge in [0, 0.05) is 18.9 Å². The lowest BCUT2D eigenvalue weighted by Gasteiger charge is -2.34. The molecule has 1 aromatic rings. The Kier molecular flexibility index (Phi) is 3.48. The quantitative estimate of drug-likeness (QED) is 0.769. The van der Waals surface area contributed by atoms with Crippen LogP contribution in [0, 0.1) is 0 Å². The Bertz CT molecular complexity index is 356. The fraction of sp³-hybridized carbons (Fsp3) is 0.455. The molecular weight excluding hydrogens is 208 g/mol. The van der Waals surface area contributed by atoms with Crippen molar-refractivity contribution in [1.82, 2.24) is 9.88 Å². The number of hydrogen-bond acceptors (Lipinski definition) is 4. The summed E-state index contributed by atoms with van der Waals surface area (Å²) < 4.78 is 5.09. The van der Waals surface area contributed by atoms with E-state index in [9.17, 15) is 9.90 Å². The monoisotopic (exact) mass is 222 g/mol. The average Bonchev–Trinajstić information content (AvgIpc) is 2.33. The van der Waals surface area contributed by atoms with Crippen molar-refractivity contribution in [1.29, 1.82) is 0 Å². The van der Waals surface area contributed by atoms with Crippen LogP contribution in [0.25, 0.3) is 0 Å². The lowest BCUT2D eigenvalue weighted by atomic mass is 10.2. The first-order valence-electron chi connectivity index (χ1n) is 5.18. The second-order valence-electron chi connectivity index (χ2n) is 3.73. The molecule has 86 valence electrons. The van der Waals surface area contributed by atoms with Gasteiger partial charge in [0.05, 0.1) is 19.3 Å². The summed E-state index contributed by atoms with van der Waals surface area (Å²) in [6, 6.07) is 3.48. The summed E-state index contributed by atoms with van der Waals surface area (Å²) in [5, 5.41) is 9.17. The van der Waals surface area contributed by atoms with Gasteiger partial charge in [-0.15, -0.1) is 0 Å². The minimum atomic E-state index is -0.241. The molecule has 0 aliphatic carbocycles. The maximum Gasteiger partial charge on any atom is 0.249 e. The maximum atomic E-state index is 11.6. The van der Waals surface area contributed by atoms with Gasteiger partial charge in [0.25, 0.3) is 0 Å². The van der Waals surface area contributed by atoms with Gasteiger partial charge < -0.3 is 14.7 Å². The van der Waals surface area contributed by atoms with Crippen molar-refractivity contribution < 1.29 is 14.6 Å². The van der Waals surface area contributed by atoms with E-state index in [0.717, 1.165) is 5.56 Å². The van der Waals surface area contributed by atoms with Gasteiger partial charge in [-0.3, -0.25) is 9.78 Å². The molecule has 1 fully saturated rings. The highest BCUT2D eigenvalue weighted by Gasteiger charge is 2.27. The van der Waals surface area contributed by atoms with Gasteiger partial charge in [-0.2, -0.15) is 0 Å². The predicted molar refractivity (Wildman–Crippen MR) is 56.5 cm³/mol. The van der Waals surface area contributed by atoms with Gasteiger partial charge in [-0.25, -0.2) is 0 Å². The first kappa shape index (κ1) is 11.0. The molecule has 1 amide bonds. The lowest BCUT2D eigenvalue weighted by molar-refractivity contribution is -0.151. The van der Waals surface area contributed by atoms with Crippen LogP contribution in [-0.2, 0) is 16.1 Å². The number of nitrogens with zero attached hydrogens (tertiary/aromatic N) is 2. The molecule has 1 aliphatic heterocycles. The van der Waals surface area contributed by atoms with Gasteiger partial charge in [-0.05, 0) is 17.7 Å². The zero-order valence-corrected chi connectivity index (χ0v) is 8.87. The standard InChI is InChI=1S/C11H14N2O3/c14-6-10-7-16-8-11(15)13(10)5-9-1-3-12-4-2-9/h1-4,10,14H,5-8H2. The first-order chi connectivity index (χ1) is 7.81. The Morgan fingerprint density at radius 2 is 2.25 bits per heavy atom.